The number of carbonyl (C=O) groups is 2. The summed E-state index contributed by atoms with van der Waals surface area (Å²) in [5.41, 5.74) is 5.59. The van der Waals surface area contributed by atoms with Crippen LogP contribution in [-0.2, 0) is 9.59 Å². The van der Waals surface area contributed by atoms with Crippen molar-refractivity contribution >= 4 is 11.9 Å². The summed E-state index contributed by atoms with van der Waals surface area (Å²) in [6, 6.07) is 0. The van der Waals surface area contributed by atoms with Gasteiger partial charge in [0.1, 0.15) is 0 Å². The van der Waals surface area contributed by atoms with E-state index in [0.29, 0.717) is 25.4 Å². The molecule has 1 unspecified atom stereocenters. The minimum atomic E-state index is -0.824. The highest BCUT2D eigenvalue weighted by molar-refractivity contribution is 5.85. The van der Waals surface area contributed by atoms with E-state index in [2.05, 4.69) is 0 Å². The van der Waals surface area contributed by atoms with Crippen LogP contribution in [0.5, 0.6) is 0 Å². The molecule has 0 aromatic rings. The Kier molecular flexibility index (Phi) is 3.66. The van der Waals surface area contributed by atoms with Gasteiger partial charge in [0.05, 0.1) is 11.8 Å². The number of aliphatic carboxylic acids is 1. The number of rotatable bonds is 3. The van der Waals surface area contributed by atoms with Crippen molar-refractivity contribution in [3.05, 3.63) is 0 Å². The molecular formula is C12H20N2O3. The van der Waals surface area contributed by atoms with Crippen molar-refractivity contribution in [2.75, 3.05) is 19.6 Å². The van der Waals surface area contributed by atoms with Crippen molar-refractivity contribution in [1.29, 1.82) is 0 Å². The van der Waals surface area contributed by atoms with Crippen molar-refractivity contribution in [3.63, 3.8) is 0 Å². The monoisotopic (exact) mass is 240 g/mol. The summed E-state index contributed by atoms with van der Waals surface area (Å²) in [6.45, 7) is 2.05. The summed E-state index contributed by atoms with van der Waals surface area (Å²) in [6.07, 6.45) is 3.16. The Hall–Kier alpha value is -1.10. The molecule has 2 rings (SSSR count). The largest absolute Gasteiger partial charge is 0.481 e. The summed E-state index contributed by atoms with van der Waals surface area (Å²) < 4.78 is 0. The van der Waals surface area contributed by atoms with Crippen LogP contribution in [0.2, 0.25) is 0 Å². The first kappa shape index (κ1) is 12.4. The first-order valence-electron chi connectivity index (χ1n) is 6.35. The molecule has 0 aromatic carbocycles. The minimum Gasteiger partial charge on any atom is -0.481 e. The van der Waals surface area contributed by atoms with Gasteiger partial charge in [-0.3, -0.25) is 9.59 Å². The summed E-state index contributed by atoms with van der Waals surface area (Å²) in [5, 5.41) is 9.08. The SMILES string of the molecule is NCC1CCN(C(=O)[C@@H]2CCC[C@@H]2C(=O)O)C1. The van der Waals surface area contributed by atoms with Crippen molar-refractivity contribution in [1.82, 2.24) is 4.90 Å². The van der Waals surface area contributed by atoms with Crippen molar-refractivity contribution in [2.24, 2.45) is 23.5 Å². The van der Waals surface area contributed by atoms with E-state index in [0.717, 1.165) is 25.8 Å². The Morgan fingerprint density at radius 2 is 1.94 bits per heavy atom. The van der Waals surface area contributed by atoms with Gasteiger partial charge in [-0.25, -0.2) is 0 Å². The Bertz CT molecular complexity index is 319. The lowest BCUT2D eigenvalue weighted by Gasteiger charge is -2.23. The smallest absolute Gasteiger partial charge is 0.307 e. The van der Waals surface area contributed by atoms with Crippen LogP contribution in [0.25, 0.3) is 0 Å². The fraction of sp³-hybridized carbons (Fsp3) is 0.833. The van der Waals surface area contributed by atoms with Crippen LogP contribution in [0, 0.1) is 17.8 Å². The van der Waals surface area contributed by atoms with Crippen LogP contribution in [0.1, 0.15) is 25.7 Å². The van der Waals surface area contributed by atoms with Gasteiger partial charge in [-0.05, 0) is 31.7 Å². The molecule has 0 aromatic heterocycles. The molecule has 1 saturated carbocycles. The highest BCUT2D eigenvalue weighted by Gasteiger charge is 2.40. The molecule has 5 heteroatoms. The second kappa shape index (κ2) is 5.04. The maximum atomic E-state index is 12.2. The number of hydrogen-bond acceptors (Lipinski definition) is 3. The normalized spacial score (nSPS) is 33.0. The summed E-state index contributed by atoms with van der Waals surface area (Å²) in [7, 11) is 0. The van der Waals surface area contributed by atoms with E-state index in [1.54, 1.807) is 0 Å². The first-order valence-corrected chi connectivity index (χ1v) is 6.35. The average Bonchev–Trinajstić information content (AvgIpc) is 2.97. The zero-order valence-electron chi connectivity index (χ0n) is 9.97. The van der Waals surface area contributed by atoms with Crippen molar-refractivity contribution in [3.8, 4) is 0 Å². The average molecular weight is 240 g/mol. The molecule has 1 saturated heterocycles. The number of likely N-dealkylation sites (tertiary alicyclic amines) is 1. The fourth-order valence-corrected chi connectivity index (χ4v) is 3.01. The molecule has 2 aliphatic rings. The van der Waals surface area contributed by atoms with Crippen LogP contribution >= 0.6 is 0 Å². The molecule has 3 N–H and O–H groups in total. The van der Waals surface area contributed by atoms with Gasteiger partial charge in [-0.2, -0.15) is 0 Å². The van der Waals surface area contributed by atoms with E-state index >= 15 is 0 Å². The van der Waals surface area contributed by atoms with E-state index in [9.17, 15) is 9.59 Å². The summed E-state index contributed by atoms with van der Waals surface area (Å²) in [5.74, 6) is -1.17. The number of hydrogen-bond donors (Lipinski definition) is 2. The lowest BCUT2D eigenvalue weighted by molar-refractivity contribution is -0.148. The zero-order chi connectivity index (χ0) is 12.4. The molecule has 5 nitrogen and oxygen atoms in total. The van der Waals surface area contributed by atoms with E-state index in [1.165, 1.54) is 0 Å². The fourth-order valence-electron chi connectivity index (χ4n) is 3.01. The molecule has 1 heterocycles. The van der Waals surface area contributed by atoms with Gasteiger partial charge in [0, 0.05) is 13.1 Å². The van der Waals surface area contributed by atoms with Gasteiger partial charge in [-0.15, -0.1) is 0 Å². The molecule has 96 valence electrons. The van der Waals surface area contributed by atoms with Crippen LogP contribution in [-0.4, -0.2) is 41.5 Å². The third-order valence-corrected chi connectivity index (χ3v) is 4.08. The summed E-state index contributed by atoms with van der Waals surface area (Å²) in [4.78, 5) is 25.1. The predicted octanol–water partition coefficient (Wildman–Crippen LogP) is 0.294. The molecule has 3 atom stereocenters. The lowest BCUT2D eigenvalue weighted by atomic mass is 9.95. The van der Waals surface area contributed by atoms with Crippen LogP contribution in [0.4, 0.5) is 0 Å². The standard InChI is InChI=1S/C12H20N2O3/c13-6-8-4-5-14(7-8)11(15)9-2-1-3-10(9)12(16)17/h8-10H,1-7,13H2,(H,16,17)/t8?,9-,10+/m1/s1. The van der Waals surface area contributed by atoms with E-state index in [4.69, 9.17) is 10.8 Å². The van der Waals surface area contributed by atoms with Gasteiger partial charge >= 0.3 is 5.97 Å². The third kappa shape index (κ3) is 2.44. The lowest BCUT2D eigenvalue weighted by Crippen LogP contribution is -2.38. The molecule has 1 aliphatic heterocycles. The van der Waals surface area contributed by atoms with E-state index in [-0.39, 0.29) is 11.8 Å². The van der Waals surface area contributed by atoms with Gasteiger partial charge in [-0.1, -0.05) is 6.42 Å². The Balaban J connectivity index is 1.98. The number of nitrogens with two attached hydrogens (primary N) is 1. The second-order valence-electron chi connectivity index (χ2n) is 5.16. The molecule has 1 amide bonds. The molecular weight excluding hydrogens is 220 g/mol. The minimum absolute atomic E-state index is 0.0332. The molecule has 0 spiro atoms. The van der Waals surface area contributed by atoms with E-state index < -0.39 is 11.9 Å². The van der Waals surface area contributed by atoms with Gasteiger partial charge < -0.3 is 15.7 Å². The van der Waals surface area contributed by atoms with Gasteiger partial charge in [0.15, 0.2) is 0 Å². The molecule has 0 bridgehead atoms. The molecule has 1 aliphatic carbocycles. The van der Waals surface area contributed by atoms with Crippen LogP contribution in [0.15, 0.2) is 0 Å². The van der Waals surface area contributed by atoms with Crippen LogP contribution < -0.4 is 5.73 Å². The topological polar surface area (TPSA) is 83.6 Å². The maximum Gasteiger partial charge on any atom is 0.307 e. The van der Waals surface area contributed by atoms with Crippen molar-refractivity contribution in [2.45, 2.75) is 25.7 Å². The Morgan fingerprint density at radius 1 is 1.24 bits per heavy atom. The quantitative estimate of drug-likeness (QED) is 0.743. The van der Waals surface area contributed by atoms with E-state index in [1.807, 2.05) is 4.90 Å². The molecule has 2 fully saturated rings. The Labute approximate surface area is 101 Å². The van der Waals surface area contributed by atoms with Gasteiger partial charge in [0.2, 0.25) is 5.91 Å². The second-order valence-corrected chi connectivity index (χ2v) is 5.16. The maximum absolute atomic E-state index is 12.2. The highest BCUT2D eigenvalue weighted by atomic mass is 16.4. The first-order chi connectivity index (χ1) is 8.13. The Morgan fingerprint density at radius 3 is 2.53 bits per heavy atom. The zero-order valence-corrected chi connectivity index (χ0v) is 9.97. The number of nitrogens with zero attached hydrogens (tertiary/aromatic N) is 1. The highest BCUT2D eigenvalue weighted by Crippen LogP contribution is 2.34. The molecule has 17 heavy (non-hydrogen) atoms. The van der Waals surface area contributed by atoms with Crippen molar-refractivity contribution < 1.29 is 14.7 Å². The number of carboxylic acid groups (broad SMARTS) is 1. The van der Waals surface area contributed by atoms with Crippen LogP contribution in [0.3, 0.4) is 0 Å². The molecule has 0 radical (unpaired) electrons. The third-order valence-electron chi connectivity index (χ3n) is 4.08. The van der Waals surface area contributed by atoms with Gasteiger partial charge in [0.25, 0.3) is 0 Å². The summed E-state index contributed by atoms with van der Waals surface area (Å²) >= 11 is 0. The number of amides is 1. The number of carboxylic acids is 1. The number of carbonyl (C=O) groups excluding carboxylic acids is 1. The predicted molar refractivity (Wildman–Crippen MR) is 62.2 cm³/mol.